The first-order valence-corrected chi connectivity index (χ1v) is 8.19. The molecule has 24 heavy (non-hydrogen) atoms. The van der Waals surface area contributed by atoms with E-state index in [4.69, 9.17) is 0 Å². The van der Waals surface area contributed by atoms with Crippen LogP contribution in [0.5, 0.6) is 0 Å². The second-order valence-electron chi connectivity index (χ2n) is 6.03. The number of nitrogens with one attached hydrogen (secondary N) is 2. The molecule has 1 unspecified atom stereocenters. The quantitative estimate of drug-likeness (QED) is 0.877. The molecule has 2 N–H and O–H groups in total. The number of fused-ring (bicyclic) bond motifs is 1. The van der Waals surface area contributed by atoms with Crippen LogP contribution in [-0.2, 0) is 12.8 Å². The molecule has 0 bridgehead atoms. The zero-order valence-corrected chi connectivity index (χ0v) is 13.3. The van der Waals surface area contributed by atoms with Gasteiger partial charge in [-0.2, -0.15) is 0 Å². The number of hydrogen-bond acceptors (Lipinski definition) is 1. The summed E-state index contributed by atoms with van der Waals surface area (Å²) in [6, 6.07) is 11.4. The Balaban J connectivity index is 1.52. The molecule has 1 aliphatic carbocycles. The van der Waals surface area contributed by atoms with Gasteiger partial charge in [0, 0.05) is 12.6 Å². The van der Waals surface area contributed by atoms with Crippen molar-refractivity contribution in [1.29, 1.82) is 0 Å². The zero-order chi connectivity index (χ0) is 16.9. The van der Waals surface area contributed by atoms with E-state index < -0.39 is 11.6 Å². The SMILES string of the molecule is O=C(NCCc1ccc(F)cc1F)NC1CCCc2ccccc21. The lowest BCUT2D eigenvalue weighted by Crippen LogP contribution is -2.39. The number of carbonyl (C=O) groups excluding carboxylic acids is 1. The van der Waals surface area contributed by atoms with E-state index in [0.29, 0.717) is 18.5 Å². The largest absolute Gasteiger partial charge is 0.338 e. The first-order chi connectivity index (χ1) is 11.6. The van der Waals surface area contributed by atoms with E-state index in [9.17, 15) is 13.6 Å². The number of benzene rings is 2. The van der Waals surface area contributed by atoms with Gasteiger partial charge < -0.3 is 10.6 Å². The summed E-state index contributed by atoms with van der Waals surface area (Å²) in [6.07, 6.45) is 3.32. The standard InChI is InChI=1S/C19H20F2N2O/c20-15-9-8-14(17(21)12-15)10-11-22-19(24)23-18-7-3-5-13-4-1-2-6-16(13)18/h1-2,4,6,8-9,12,18H,3,5,7,10-11H2,(H2,22,23,24). The third kappa shape index (κ3) is 3.91. The van der Waals surface area contributed by atoms with Gasteiger partial charge in [0.15, 0.2) is 0 Å². The summed E-state index contributed by atoms with van der Waals surface area (Å²) in [5.41, 5.74) is 2.84. The number of hydrogen-bond donors (Lipinski definition) is 2. The molecule has 0 aliphatic heterocycles. The summed E-state index contributed by atoms with van der Waals surface area (Å²) in [5.74, 6) is -1.18. The average molecular weight is 330 g/mol. The Labute approximate surface area is 140 Å². The summed E-state index contributed by atoms with van der Waals surface area (Å²) < 4.78 is 26.4. The Bertz CT molecular complexity index is 733. The minimum atomic E-state index is -0.599. The number of amides is 2. The van der Waals surface area contributed by atoms with Gasteiger partial charge in [-0.15, -0.1) is 0 Å². The summed E-state index contributed by atoms with van der Waals surface area (Å²) in [7, 11) is 0. The molecule has 0 radical (unpaired) electrons. The molecule has 0 fully saturated rings. The molecular formula is C19H20F2N2O. The van der Waals surface area contributed by atoms with Crippen LogP contribution in [0.15, 0.2) is 42.5 Å². The molecule has 2 aromatic rings. The fourth-order valence-corrected chi connectivity index (χ4v) is 3.15. The van der Waals surface area contributed by atoms with Crippen LogP contribution in [0, 0.1) is 11.6 Å². The number of halogens is 2. The molecule has 3 rings (SSSR count). The molecule has 0 spiro atoms. The van der Waals surface area contributed by atoms with Crippen molar-refractivity contribution in [2.75, 3.05) is 6.54 Å². The predicted molar refractivity (Wildman–Crippen MR) is 88.7 cm³/mol. The van der Waals surface area contributed by atoms with E-state index in [1.807, 2.05) is 18.2 Å². The smallest absolute Gasteiger partial charge is 0.315 e. The van der Waals surface area contributed by atoms with Gasteiger partial charge in [0.05, 0.1) is 6.04 Å². The van der Waals surface area contributed by atoms with Crippen molar-refractivity contribution in [3.8, 4) is 0 Å². The molecule has 1 atom stereocenters. The molecule has 0 saturated carbocycles. The Morgan fingerprint density at radius 2 is 2.00 bits per heavy atom. The monoisotopic (exact) mass is 330 g/mol. The van der Waals surface area contributed by atoms with Crippen LogP contribution in [0.25, 0.3) is 0 Å². The van der Waals surface area contributed by atoms with Crippen LogP contribution in [0.4, 0.5) is 13.6 Å². The molecule has 2 aromatic carbocycles. The number of urea groups is 1. The van der Waals surface area contributed by atoms with Crippen LogP contribution in [0.3, 0.4) is 0 Å². The minimum Gasteiger partial charge on any atom is -0.338 e. The van der Waals surface area contributed by atoms with Crippen molar-refractivity contribution < 1.29 is 13.6 Å². The third-order valence-electron chi connectivity index (χ3n) is 4.37. The van der Waals surface area contributed by atoms with Crippen LogP contribution < -0.4 is 10.6 Å². The molecule has 1 aliphatic rings. The minimum absolute atomic E-state index is 0.0116. The molecular weight excluding hydrogens is 310 g/mol. The second-order valence-corrected chi connectivity index (χ2v) is 6.03. The first kappa shape index (κ1) is 16.4. The fraction of sp³-hybridized carbons (Fsp3) is 0.316. The van der Waals surface area contributed by atoms with Crippen LogP contribution in [0.1, 0.15) is 35.6 Å². The van der Waals surface area contributed by atoms with Gasteiger partial charge in [-0.25, -0.2) is 13.6 Å². The third-order valence-corrected chi connectivity index (χ3v) is 4.37. The second kappa shape index (κ2) is 7.43. The maximum Gasteiger partial charge on any atom is 0.315 e. The van der Waals surface area contributed by atoms with Gasteiger partial charge in [-0.3, -0.25) is 0 Å². The van der Waals surface area contributed by atoms with Gasteiger partial charge in [0.25, 0.3) is 0 Å². The van der Waals surface area contributed by atoms with Crippen molar-refractivity contribution in [1.82, 2.24) is 10.6 Å². The molecule has 0 aromatic heterocycles. The van der Waals surface area contributed by atoms with Gasteiger partial charge in [-0.1, -0.05) is 30.3 Å². The zero-order valence-electron chi connectivity index (χ0n) is 13.3. The molecule has 126 valence electrons. The Hall–Kier alpha value is -2.43. The van der Waals surface area contributed by atoms with Gasteiger partial charge in [-0.05, 0) is 48.4 Å². The molecule has 0 heterocycles. The van der Waals surface area contributed by atoms with Gasteiger partial charge in [0.2, 0.25) is 0 Å². The van der Waals surface area contributed by atoms with E-state index >= 15 is 0 Å². The van der Waals surface area contributed by atoms with Crippen molar-refractivity contribution >= 4 is 6.03 Å². The van der Waals surface area contributed by atoms with E-state index in [1.165, 1.54) is 23.3 Å². The normalized spacial score (nSPS) is 16.3. The van der Waals surface area contributed by atoms with Crippen LogP contribution >= 0.6 is 0 Å². The molecule has 3 nitrogen and oxygen atoms in total. The van der Waals surface area contributed by atoms with Crippen molar-refractivity contribution in [3.63, 3.8) is 0 Å². The highest BCUT2D eigenvalue weighted by Crippen LogP contribution is 2.29. The maximum absolute atomic E-state index is 13.5. The Kier molecular flexibility index (Phi) is 5.08. The fourth-order valence-electron chi connectivity index (χ4n) is 3.15. The van der Waals surface area contributed by atoms with Crippen molar-refractivity contribution in [3.05, 3.63) is 70.8 Å². The number of aryl methyl sites for hydroxylation is 1. The van der Waals surface area contributed by atoms with E-state index in [-0.39, 0.29) is 12.1 Å². The van der Waals surface area contributed by atoms with Crippen molar-refractivity contribution in [2.24, 2.45) is 0 Å². The predicted octanol–water partition coefficient (Wildman–Crippen LogP) is 3.88. The van der Waals surface area contributed by atoms with Gasteiger partial charge >= 0.3 is 6.03 Å². The first-order valence-electron chi connectivity index (χ1n) is 8.19. The lowest BCUT2D eigenvalue weighted by Gasteiger charge is -2.26. The summed E-state index contributed by atoms with van der Waals surface area (Å²) in [6.45, 7) is 0.294. The summed E-state index contributed by atoms with van der Waals surface area (Å²) >= 11 is 0. The number of carbonyl (C=O) groups is 1. The highest BCUT2D eigenvalue weighted by Gasteiger charge is 2.21. The van der Waals surface area contributed by atoms with Gasteiger partial charge in [0.1, 0.15) is 11.6 Å². The Morgan fingerprint density at radius 3 is 2.83 bits per heavy atom. The average Bonchev–Trinajstić information content (AvgIpc) is 2.57. The summed E-state index contributed by atoms with van der Waals surface area (Å²) in [5, 5.41) is 5.72. The van der Waals surface area contributed by atoms with E-state index in [1.54, 1.807) is 0 Å². The lowest BCUT2D eigenvalue weighted by molar-refractivity contribution is 0.235. The van der Waals surface area contributed by atoms with Crippen LogP contribution in [-0.4, -0.2) is 12.6 Å². The van der Waals surface area contributed by atoms with E-state index in [0.717, 1.165) is 25.3 Å². The Morgan fingerprint density at radius 1 is 1.17 bits per heavy atom. The van der Waals surface area contributed by atoms with Crippen LogP contribution in [0.2, 0.25) is 0 Å². The molecule has 2 amide bonds. The molecule has 5 heteroatoms. The lowest BCUT2D eigenvalue weighted by atomic mass is 9.88. The maximum atomic E-state index is 13.5. The highest BCUT2D eigenvalue weighted by atomic mass is 19.1. The summed E-state index contributed by atoms with van der Waals surface area (Å²) in [4.78, 5) is 12.1. The van der Waals surface area contributed by atoms with E-state index in [2.05, 4.69) is 16.7 Å². The van der Waals surface area contributed by atoms with Crippen molar-refractivity contribution in [2.45, 2.75) is 31.7 Å². The topological polar surface area (TPSA) is 41.1 Å². The number of rotatable bonds is 4. The molecule has 0 saturated heterocycles. The highest BCUT2D eigenvalue weighted by molar-refractivity contribution is 5.74.